The molecule has 0 radical (unpaired) electrons. The van der Waals surface area contributed by atoms with Crippen LogP contribution < -0.4 is 9.80 Å². The van der Waals surface area contributed by atoms with Crippen LogP contribution in [-0.2, 0) is 4.74 Å². The topological polar surface area (TPSA) is 19.0 Å². The minimum Gasteiger partial charge on any atom is -0.380 e. The van der Waals surface area contributed by atoms with Crippen LogP contribution in [-0.4, -0.2) is 64.4 Å². The van der Waals surface area contributed by atoms with Crippen LogP contribution in [0.1, 0.15) is 6.42 Å². The molecule has 0 aromatic heterocycles. The van der Waals surface area contributed by atoms with Gasteiger partial charge in [-0.15, -0.1) is 0 Å². The summed E-state index contributed by atoms with van der Waals surface area (Å²) in [5.41, 5.74) is 2.70. The Balaban J connectivity index is 1.71. The van der Waals surface area contributed by atoms with Crippen molar-refractivity contribution in [1.82, 2.24) is 4.90 Å². The molecule has 20 heavy (non-hydrogen) atoms. The van der Waals surface area contributed by atoms with Crippen molar-refractivity contribution in [1.29, 1.82) is 0 Å². The van der Waals surface area contributed by atoms with Crippen molar-refractivity contribution < 1.29 is 4.74 Å². The summed E-state index contributed by atoms with van der Waals surface area (Å²) in [6.07, 6.45) is 1.12. The molecule has 0 bridgehead atoms. The number of hydrogen-bond acceptors (Lipinski definition) is 4. The average Bonchev–Trinajstić information content (AvgIpc) is 2.77. The molecule has 0 N–H and O–H groups in total. The molecule has 0 unspecified atom stereocenters. The van der Waals surface area contributed by atoms with Crippen molar-refractivity contribution in [2.75, 3.05) is 69.3 Å². The summed E-state index contributed by atoms with van der Waals surface area (Å²) < 4.78 is 5.55. The third-order valence-corrected chi connectivity index (χ3v) is 4.29. The minimum absolute atomic E-state index is 0.846. The molecule has 2 aliphatic rings. The van der Waals surface area contributed by atoms with Crippen LogP contribution >= 0.6 is 0 Å². The maximum absolute atomic E-state index is 5.55. The predicted octanol–water partition coefficient (Wildman–Crippen LogP) is 1.67. The van der Waals surface area contributed by atoms with Gasteiger partial charge in [0.05, 0.1) is 6.61 Å². The Morgan fingerprint density at radius 3 is 2.30 bits per heavy atom. The number of ether oxygens (including phenoxy) is 1. The second kappa shape index (κ2) is 6.46. The summed E-state index contributed by atoms with van der Waals surface area (Å²) in [6, 6.07) is 9.00. The summed E-state index contributed by atoms with van der Waals surface area (Å²) in [4.78, 5) is 7.34. The predicted molar refractivity (Wildman–Crippen MR) is 83.8 cm³/mol. The van der Waals surface area contributed by atoms with Crippen molar-refractivity contribution in [2.45, 2.75) is 6.42 Å². The van der Waals surface area contributed by atoms with E-state index in [1.807, 2.05) is 0 Å². The fourth-order valence-corrected chi connectivity index (χ4v) is 2.96. The van der Waals surface area contributed by atoms with Gasteiger partial charge in [-0.2, -0.15) is 0 Å². The first-order chi connectivity index (χ1) is 9.83. The molecular formula is C16H25N3O. The fourth-order valence-electron chi connectivity index (χ4n) is 2.96. The van der Waals surface area contributed by atoms with E-state index < -0.39 is 0 Å². The Morgan fingerprint density at radius 1 is 0.850 bits per heavy atom. The van der Waals surface area contributed by atoms with Gasteiger partial charge in [-0.1, -0.05) is 6.07 Å². The smallest absolute Gasteiger partial charge is 0.0641 e. The van der Waals surface area contributed by atoms with Crippen LogP contribution in [0.25, 0.3) is 0 Å². The molecule has 1 aromatic carbocycles. The molecule has 2 heterocycles. The molecule has 4 nitrogen and oxygen atoms in total. The van der Waals surface area contributed by atoms with Crippen LogP contribution in [0.2, 0.25) is 0 Å². The highest BCUT2D eigenvalue weighted by Gasteiger charge is 2.16. The Kier molecular flexibility index (Phi) is 4.43. The minimum atomic E-state index is 0.846. The molecule has 0 spiro atoms. The lowest BCUT2D eigenvalue weighted by Crippen LogP contribution is -2.44. The molecule has 2 fully saturated rings. The first kappa shape index (κ1) is 13.7. The lowest BCUT2D eigenvalue weighted by molar-refractivity contribution is 0.152. The number of nitrogens with zero attached hydrogens (tertiary/aromatic N) is 3. The normalized spacial score (nSPS) is 21.9. The standard InChI is InChI=1S/C16H25N3O/c1-17-7-9-19(10-8-17)16-5-2-4-15(14-16)18-6-3-12-20-13-11-18/h2,4-5,14H,3,6-13H2,1H3. The summed E-state index contributed by atoms with van der Waals surface area (Å²) in [5, 5.41) is 0. The highest BCUT2D eigenvalue weighted by atomic mass is 16.5. The SMILES string of the molecule is CN1CCN(c2cccc(N3CCCOCC3)c2)CC1. The molecule has 4 heteroatoms. The highest BCUT2D eigenvalue weighted by Crippen LogP contribution is 2.24. The lowest BCUT2D eigenvalue weighted by atomic mass is 10.2. The first-order valence-corrected chi connectivity index (χ1v) is 7.69. The van der Waals surface area contributed by atoms with Crippen LogP contribution in [0.15, 0.2) is 24.3 Å². The first-order valence-electron chi connectivity index (χ1n) is 7.69. The van der Waals surface area contributed by atoms with E-state index in [2.05, 4.69) is 46.0 Å². The van der Waals surface area contributed by atoms with Gasteiger partial charge in [0.15, 0.2) is 0 Å². The van der Waals surface area contributed by atoms with Crippen LogP contribution in [0.3, 0.4) is 0 Å². The van der Waals surface area contributed by atoms with Gasteiger partial charge in [0.2, 0.25) is 0 Å². The van der Waals surface area contributed by atoms with E-state index in [0.29, 0.717) is 0 Å². The molecule has 110 valence electrons. The molecule has 3 rings (SSSR count). The van der Waals surface area contributed by atoms with Gasteiger partial charge >= 0.3 is 0 Å². The molecule has 2 aliphatic heterocycles. The number of likely N-dealkylation sites (N-methyl/N-ethyl adjacent to an activating group) is 1. The van der Waals surface area contributed by atoms with Gasteiger partial charge in [-0.3, -0.25) is 0 Å². The van der Waals surface area contributed by atoms with Gasteiger partial charge in [0, 0.05) is 57.3 Å². The Morgan fingerprint density at radius 2 is 1.55 bits per heavy atom. The van der Waals surface area contributed by atoms with Crippen molar-refractivity contribution in [3.05, 3.63) is 24.3 Å². The summed E-state index contributed by atoms with van der Waals surface area (Å²) in [5.74, 6) is 0. The second-order valence-corrected chi connectivity index (χ2v) is 5.76. The zero-order valence-electron chi connectivity index (χ0n) is 12.4. The van der Waals surface area contributed by atoms with Crippen molar-refractivity contribution in [3.63, 3.8) is 0 Å². The van der Waals surface area contributed by atoms with E-state index in [0.717, 1.165) is 58.9 Å². The van der Waals surface area contributed by atoms with Crippen molar-refractivity contribution in [3.8, 4) is 0 Å². The number of benzene rings is 1. The zero-order chi connectivity index (χ0) is 13.8. The fraction of sp³-hybridized carbons (Fsp3) is 0.625. The van der Waals surface area contributed by atoms with Crippen LogP contribution in [0, 0.1) is 0 Å². The van der Waals surface area contributed by atoms with E-state index >= 15 is 0 Å². The van der Waals surface area contributed by atoms with Gasteiger partial charge in [0.25, 0.3) is 0 Å². The Bertz CT molecular complexity index is 421. The molecular weight excluding hydrogens is 250 g/mol. The van der Waals surface area contributed by atoms with Gasteiger partial charge in [0.1, 0.15) is 0 Å². The molecule has 1 aromatic rings. The number of piperazine rings is 1. The second-order valence-electron chi connectivity index (χ2n) is 5.76. The molecule has 2 saturated heterocycles. The number of rotatable bonds is 2. The Labute approximate surface area is 121 Å². The largest absolute Gasteiger partial charge is 0.380 e. The van der Waals surface area contributed by atoms with E-state index in [1.54, 1.807) is 0 Å². The Hall–Kier alpha value is -1.26. The number of hydrogen-bond donors (Lipinski definition) is 0. The van der Waals surface area contributed by atoms with Gasteiger partial charge in [-0.05, 0) is 31.7 Å². The third-order valence-electron chi connectivity index (χ3n) is 4.29. The van der Waals surface area contributed by atoms with Crippen molar-refractivity contribution >= 4 is 11.4 Å². The van der Waals surface area contributed by atoms with Gasteiger partial charge in [-0.25, -0.2) is 0 Å². The molecule has 0 aliphatic carbocycles. The number of anilines is 2. The highest BCUT2D eigenvalue weighted by molar-refractivity contribution is 5.59. The molecule has 0 saturated carbocycles. The summed E-state index contributed by atoms with van der Waals surface area (Å²) in [7, 11) is 2.20. The van der Waals surface area contributed by atoms with E-state index in [1.165, 1.54) is 11.4 Å². The average molecular weight is 275 g/mol. The third kappa shape index (κ3) is 3.25. The van der Waals surface area contributed by atoms with E-state index in [-0.39, 0.29) is 0 Å². The quantitative estimate of drug-likeness (QED) is 0.817. The lowest BCUT2D eigenvalue weighted by Gasteiger charge is -2.34. The monoisotopic (exact) mass is 275 g/mol. The van der Waals surface area contributed by atoms with E-state index in [4.69, 9.17) is 4.74 Å². The maximum atomic E-state index is 5.55. The summed E-state index contributed by atoms with van der Waals surface area (Å²) >= 11 is 0. The van der Waals surface area contributed by atoms with Crippen LogP contribution in [0.4, 0.5) is 11.4 Å². The van der Waals surface area contributed by atoms with Crippen LogP contribution in [0.5, 0.6) is 0 Å². The maximum Gasteiger partial charge on any atom is 0.0641 e. The van der Waals surface area contributed by atoms with E-state index in [9.17, 15) is 0 Å². The molecule has 0 atom stereocenters. The van der Waals surface area contributed by atoms with Gasteiger partial charge < -0.3 is 19.4 Å². The van der Waals surface area contributed by atoms with Crippen molar-refractivity contribution in [2.24, 2.45) is 0 Å². The zero-order valence-corrected chi connectivity index (χ0v) is 12.4. The summed E-state index contributed by atoms with van der Waals surface area (Å²) in [6.45, 7) is 8.42. The molecule has 0 amide bonds.